The largest absolute Gasteiger partial charge is 0.401 e. The molecule has 13 heteroatoms. The van der Waals surface area contributed by atoms with E-state index in [0.717, 1.165) is 36.4 Å². The number of nitrogens with one attached hydrogen (secondary N) is 1. The van der Waals surface area contributed by atoms with Gasteiger partial charge in [-0.1, -0.05) is 0 Å². The Morgan fingerprint density at radius 2 is 2.00 bits per heavy atom. The minimum atomic E-state index is -4.81. The number of urea groups is 1. The number of amides is 2. The van der Waals surface area contributed by atoms with Crippen LogP contribution in [-0.4, -0.2) is 38.3 Å². The third-order valence-electron chi connectivity index (χ3n) is 4.85. The molecule has 1 N–H and O–H groups in total. The summed E-state index contributed by atoms with van der Waals surface area (Å²) in [7, 11) is 0. The molecule has 0 unspecified atom stereocenters. The van der Waals surface area contributed by atoms with Crippen molar-refractivity contribution in [3.63, 3.8) is 0 Å². The van der Waals surface area contributed by atoms with Crippen LogP contribution in [0.15, 0.2) is 30.6 Å². The van der Waals surface area contributed by atoms with Crippen molar-refractivity contribution in [1.82, 2.24) is 19.6 Å². The van der Waals surface area contributed by atoms with Crippen molar-refractivity contribution in [2.45, 2.75) is 24.9 Å². The molecule has 7 nitrogen and oxygen atoms in total. The van der Waals surface area contributed by atoms with Crippen LogP contribution < -0.4 is 10.2 Å². The number of hydrogen-bond donors (Lipinski definition) is 1. The van der Waals surface area contributed by atoms with E-state index in [1.165, 1.54) is 6.07 Å². The van der Waals surface area contributed by atoms with Crippen LogP contribution in [0.5, 0.6) is 0 Å². The van der Waals surface area contributed by atoms with Crippen LogP contribution in [0.2, 0.25) is 0 Å². The molecule has 2 amide bonds. The monoisotopic (exact) mass is 430 g/mol. The highest BCUT2D eigenvalue weighted by atomic mass is 19.4. The second-order valence-corrected chi connectivity index (χ2v) is 6.85. The van der Waals surface area contributed by atoms with Crippen LogP contribution in [0.3, 0.4) is 0 Å². The maximum atomic E-state index is 14.0. The summed E-state index contributed by atoms with van der Waals surface area (Å²) in [5.41, 5.74) is -4.10. The normalized spacial score (nSPS) is 18.9. The van der Waals surface area contributed by atoms with Gasteiger partial charge in [0.25, 0.3) is 6.43 Å². The molecule has 4 heterocycles. The molecule has 1 aliphatic rings. The van der Waals surface area contributed by atoms with E-state index < -0.39 is 47.9 Å². The zero-order chi connectivity index (χ0) is 21.8. The summed E-state index contributed by atoms with van der Waals surface area (Å²) in [5, 5.41) is 5.72. The van der Waals surface area contributed by atoms with E-state index in [2.05, 4.69) is 20.4 Å². The molecule has 0 aliphatic carbocycles. The van der Waals surface area contributed by atoms with Gasteiger partial charge in [-0.15, -0.1) is 5.10 Å². The SMILES string of the molecule is C[C@@]1(C(F)(F)F)CN(C(=O)Nc2ccnc(C(F)F)c2)c2cnc3cc(F)nn3c21. The Kier molecular flexibility index (Phi) is 4.36. The summed E-state index contributed by atoms with van der Waals surface area (Å²) in [6, 6.07) is 1.98. The molecule has 1 aliphatic heterocycles. The predicted molar refractivity (Wildman–Crippen MR) is 91.9 cm³/mol. The topological polar surface area (TPSA) is 75.4 Å². The number of rotatable bonds is 2. The zero-order valence-corrected chi connectivity index (χ0v) is 15.1. The first-order chi connectivity index (χ1) is 14.0. The molecule has 0 radical (unpaired) electrons. The molecule has 0 bridgehead atoms. The van der Waals surface area contributed by atoms with Gasteiger partial charge in [0.1, 0.15) is 11.1 Å². The minimum absolute atomic E-state index is 0.0772. The first kappa shape index (κ1) is 19.9. The van der Waals surface area contributed by atoms with Crippen molar-refractivity contribution < 1.29 is 31.1 Å². The summed E-state index contributed by atoms with van der Waals surface area (Å²) in [6.45, 7) is 0.0200. The number of pyridine rings is 1. The fourth-order valence-electron chi connectivity index (χ4n) is 3.33. The highest BCUT2D eigenvalue weighted by molar-refractivity contribution is 6.03. The smallest absolute Gasteiger partial charge is 0.307 e. The third-order valence-corrected chi connectivity index (χ3v) is 4.85. The number of fused-ring (bicyclic) bond motifs is 3. The average molecular weight is 430 g/mol. The molecule has 0 saturated carbocycles. The second-order valence-electron chi connectivity index (χ2n) is 6.85. The van der Waals surface area contributed by atoms with Gasteiger partial charge < -0.3 is 5.32 Å². The molecule has 3 aromatic rings. The molecular weight excluding hydrogens is 418 g/mol. The molecule has 3 aromatic heterocycles. The van der Waals surface area contributed by atoms with Gasteiger partial charge in [-0.25, -0.2) is 23.1 Å². The lowest BCUT2D eigenvalue weighted by Crippen LogP contribution is -2.46. The van der Waals surface area contributed by atoms with E-state index in [-0.39, 0.29) is 17.0 Å². The lowest BCUT2D eigenvalue weighted by atomic mass is 9.88. The van der Waals surface area contributed by atoms with Gasteiger partial charge in [-0.05, 0) is 19.1 Å². The summed E-state index contributed by atoms with van der Waals surface area (Å²) in [5.74, 6) is -1.03. The maximum Gasteiger partial charge on any atom is 0.401 e. The maximum absolute atomic E-state index is 14.0. The molecule has 0 saturated heterocycles. The summed E-state index contributed by atoms with van der Waals surface area (Å²) < 4.78 is 81.8. The van der Waals surface area contributed by atoms with Gasteiger partial charge >= 0.3 is 12.2 Å². The number of carbonyl (C=O) groups is 1. The highest BCUT2D eigenvalue weighted by Crippen LogP contribution is 2.49. The van der Waals surface area contributed by atoms with Gasteiger partial charge in [-0.3, -0.25) is 9.88 Å². The first-order valence-corrected chi connectivity index (χ1v) is 8.45. The molecule has 1 atom stereocenters. The number of aromatic nitrogens is 4. The molecule has 0 fully saturated rings. The van der Waals surface area contributed by atoms with E-state index >= 15 is 0 Å². The Labute approximate surface area is 164 Å². The van der Waals surface area contributed by atoms with Crippen molar-refractivity contribution in [1.29, 1.82) is 0 Å². The van der Waals surface area contributed by atoms with E-state index in [4.69, 9.17) is 0 Å². The fourth-order valence-corrected chi connectivity index (χ4v) is 3.33. The predicted octanol–water partition coefficient (Wildman–Crippen LogP) is 4.07. The van der Waals surface area contributed by atoms with Crippen LogP contribution in [0.25, 0.3) is 5.65 Å². The number of alkyl halides is 5. The lowest BCUT2D eigenvalue weighted by molar-refractivity contribution is -0.181. The van der Waals surface area contributed by atoms with Crippen molar-refractivity contribution in [2.75, 3.05) is 16.8 Å². The van der Waals surface area contributed by atoms with Crippen LogP contribution in [0.4, 0.5) is 42.5 Å². The number of nitrogens with zero attached hydrogens (tertiary/aromatic N) is 5. The summed E-state index contributed by atoms with van der Waals surface area (Å²) >= 11 is 0. The molecule has 0 aromatic carbocycles. The second kappa shape index (κ2) is 6.57. The Bertz CT molecular complexity index is 1150. The number of anilines is 2. The minimum Gasteiger partial charge on any atom is -0.307 e. The van der Waals surface area contributed by atoms with Crippen molar-refractivity contribution >= 4 is 23.1 Å². The van der Waals surface area contributed by atoms with Gasteiger partial charge in [0.15, 0.2) is 5.65 Å². The van der Waals surface area contributed by atoms with Gasteiger partial charge in [0, 0.05) is 24.5 Å². The standard InChI is InChI=1S/C17H12F6N6O/c1-16(17(21,22)23)7-28(10-6-25-12-5-11(18)27-29(12)13(10)16)15(30)26-8-2-3-24-9(4-8)14(19)20/h2-6,14H,7H2,1H3,(H,24,26,30)/t16-/m1/s1. The van der Waals surface area contributed by atoms with Crippen molar-refractivity contribution in [3.05, 3.63) is 47.9 Å². The number of halogens is 6. The first-order valence-electron chi connectivity index (χ1n) is 8.45. The van der Waals surface area contributed by atoms with Crippen LogP contribution in [-0.2, 0) is 5.41 Å². The molecule has 158 valence electrons. The van der Waals surface area contributed by atoms with Crippen molar-refractivity contribution in [2.24, 2.45) is 0 Å². The Morgan fingerprint density at radius 1 is 1.27 bits per heavy atom. The van der Waals surface area contributed by atoms with Crippen LogP contribution in [0.1, 0.15) is 24.7 Å². The summed E-state index contributed by atoms with van der Waals surface area (Å²) in [4.78, 5) is 20.8. The van der Waals surface area contributed by atoms with Gasteiger partial charge in [0.05, 0.1) is 17.6 Å². The molecule has 0 spiro atoms. The van der Waals surface area contributed by atoms with E-state index in [1.54, 1.807) is 0 Å². The summed E-state index contributed by atoms with van der Waals surface area (Å²) in [6.07, 6.45) is -5.66. The van der Waals surface area contributed by atoms with E-state index in [9.17, 15) is 31.1 Å². The Balaban J connectivity index is 1.77. The third kappa shape index (κ3) is 3.00. The molecule has 30 heavy (non-hydrogen) atoms. The van der Waals surface area contributed by atoms with Crippen LogP contribution in [0, 0.1) is 5.95 Å². The van der Waals surface area contributed by atoms with Crippen LogP contribution >= 0.6 is 0 Å². The van der Waals surface area contributed by atoms with E-state index in [1.807, 2.05) is 0 Å². The average Bonchev–Trinajstić information content (AvgIpc) is 3.19. The van der Waals surface area contributed by atoms with Gasteiger partial charge in [0.2, 0.25) is 5.95 Å². The quantitative estimate of drug-likeness (QED) is 0.622. The Hall–Kier alpha value is -3.38. The zero-order valence-electron chi connectivity index (χ0n) is 15.1. The number of hydrogen-bond acceptors (Lipinski definition) is 4. The Morgan fingerprint density at radius 3 is 2.67 bits per heavy atom. The molecular formula is C17H12F6N6O. The lowest BCUT2D eigenvalue weighted by Gasteiger charge is -2.28. The number of carbonyl (C=O) groups excluding carboxylic acids is 1. The molecule has 4 rings (SSSR count). The van der Waals surface area contributed by atoms with Gasteiger partial charge in [-0.2, -0.15) is 17.6 Å². The fraction of sp³-hybridized carbons (Fsp3) is 0.294. The highest BCUT2D eigenvalue weighted by Gasteiger charge is 2.60. The van der Waals surface area contributed by atoms with E-state index in [0.29, 0.717) is 4.52 Å². The van der Waals surface area contributed by atoms with Crippen molar-refractivity contribution in [3.8, 4) is 0 Å².